The molecule has 43 heavy (non-hydrogen) atoms. The van der Waals surface area contributed by atoms with E-state index in [1.165, 1.54) is 76.5 Å². The summed E-state index contributed by atoms with van der Waals surface area (Å²) in [5.41, 5.74) is 10.6. The van der Waals surface area contributed by atoms with Crippen LogP contribution in [0.2, 0.25) is 0 Å². The van der Waals surface area contributed by atoms with Gasteiger partial charge in [-0.15, -0.1) is 0 Å². The van der Waals surface area contributed by atoms with Crippen LogP contribution in [0.4, 0.5) is 0 Å². The van der Waals surface area contributed by atoms with E-state index >= 15 is 0 Å². The highest BCUT2D eigenvalue weighted by Gasteiger charge is 2.25. The Labute approximate surface area is 253 Å². The molecule has 0 aliphatic rings. The van der Waals surface area contributed by atoms with Crippen LogP contribution in [0.15, 0.2) is 97.2 Å². The maximum absolute atomic E-state index is 5.18. The van der Waals surface area contributed by atoms with Crippen molar-refractivity contribution in [2.75, 3.05) is 0 Å². The van der Waals surface area contributed by atoms with Crippen molar-refractivity contribution in [3.8, 4) is 11.1 Å². The zero-order valence-corrected chi connectivity index (χ0v) is 26.0. The van der Waals surface area contributed by atoms with Crippen molar-refractivity contribution in [3.05, 3.63) is 108 Å². The van der Waals surface area contributed by atoms with Gasteiger partial charge >= 0.3 is 0 Å². The number of nitrogens with zero attached hydrogens (tertiary/aromatic N) is 2. The fraction of sp³-hybridized carbons (Fsp3) is 0.244. The zero-order valence-electron chi connectivity index (χ0n) is 26.0. The van der Waals surface area contributed by atoms with Gasteiger partial charge in [0.1, 0.15) is 0 Å². The van der Waals surface area contributed by atoms with Gasteiger partial charge in [0.05, 0.1) is 22.1 Å². The van der Waals surface area contributed by atoms with Gasteiger partial charge in [0, 0.05) is 27.7 Å². The van der Waals surface area contributed by atoms with Gasteiger partial charge in [-0.05, 0) is 86.3 Å². The molecule has 0 bridgehead atoms. The molecule has 0 fully saturated rings. The minimum absolute atomic E-state index is 0.116. The Balaban J connectivity index is 1.63. The summed E-state index contributed by atoms with van der Waals surface area (Å²) in [4.78, 5) is 5.18. The first-order valence-electron chi connectivity index (χ1n) is 15.6. The van der Waals surface area contributed by atoms with Crippen LogP contribution in [0, 0.1) is 10.8 Å². The lowest BCUT2D eigenvalue weighted by atomic mass is 9.83. The first-order chi connectivity index (χ1) is 20.6. The topological polar surface area (TPSA) is 17.3 Å². The van der Waals surface area contributed by atoms with Gasteiger partial charge in [-0.3, -0.25) is 4.98 Å². The molecule has 0 saturated carbocycles. The van der Waals surface area contributed by atoms with Gasteiger partial charge in [-0.1, -0.05) is 108 Å². The van der Waals surface area contributed by atoms with Crippen molar-refractivity contribution in [3.63, 3.8) is 0 Å². The largest absolute Gasteiger partial charge is 0.308 e. The van der Waals surface area contributed by atoms with E-state index in [1.54, 1.807) is 0 Å². The molecule has 3 aromatic heterocycles. The molecule has 8 rings (SSSR count). The molecule has 0 atom stereocenters. The van der Waals surface area contributed by atoms with E-state index in [2.05, 4.69) is 137 Å². The van der Waals surface area contributed by atoms with E-state index in [0.29, 0.717) is 0 Å². The summed E-state index contributed by atoms with van der Waals surface area (Å²) < 4.78 is 2.58. The molecule has 5 aromatic carbocycles. The predicted octanol–water partition coefficient (Wildman–Crippen LogP) is 11.4. The summed E-state index contributed by atoms with van der Waals surface area (Å²) in [6.07, 6.45) is 4.04. The van der Waals surface area contributed by atoms with Crippen LogP contribution in [0.3, 0.4) is 0 Å². The molecule has 0 amide bonds. The lowest BCUT2D eigenvalue weighted by Crippen LogP contribution is -2.12. The molecular formula is C41H38N2. The maximum atomic E-state index is 5.18. The molecule has 0 N–H and O–H groups in total. The Kier molecular flexibility index (Phi) is 5.51. The Morgan fingerprint density at radius 3 is 2.12 bits per heavy atom. The summed E-state index contributed by atoms with van der Waals surface area (Å²) in [5, 5.41) is 9.02. The van der Waals surface area contributed by atoms with Crippen LogP contribution in [0.5, 0.6) is 0 Å². The summed E-state index contributed by atoms with van der Waals surface area (Å²) >= 11 is 0. The molecule has 0 spiro atoms. The highest BCUT2D eigenvalue weighted by Crippen LogP contribution is 2.46. The van der Waals surface area contributed by atoms with E-state index in [-0.39, 0.29) is 10.8 Å². The number of rotatable bonds is 3. The Bertz CT molecular complexity index is 2340. The number of hydrogen-bond donors (Lipinski definition) is 0. The van der Waals surface area contributed by atoms with E-state index in [1.807, 2.05) is 6.20 Å². The molecule has 0 aliphatic heterocycles. The Morgan fingerprint density at radius 2 is 1.35 bits per heavy atom. The van der Waals surface area contributed by atoms with E-state index in [0.717, 1.165) is 18.4 Å². The third kappa shape index (κ3) is 4.11. The number of pyridine rings is 2. The number of fused-ring (bicyclic) bond motifs is 7. The molecule has 8 aromatic rings. The van der Waals surface area contributed by atoms with Crippen molar-refractivity contribution in [1.82, 2.24) is 9.38 Å². The molecule has 3 heterocycles. The second-order valence-electron chi connectivity index (χ2n) is 14.9. The lowest BCUT2D eigenvalue weighted by molar-refractivity contribution is 0.411. The zero-order chi connectivity index (χ0) is 29.7. The second kappa shape index (κ2) is 9.04. The van der Waals surface area contributed by atoms with Gasteiger partial charge in [0.15, 0.2) is 0 Å². The van der Waals surface area contributed by atoms with Gasteiger partial charge < -0.3 is 4.40 Å². The standard InChI is InChI=1S/C41H38N2/c1-40(2,3)23-25-16-17-28-27(20-25)21-33-37-36-30(18-19-42-37)31(26-12-8-7-9-13-26)22-32-29-14-10-11-15-35(29)43(39(32)36)38(33)34(28)24-41(4,5)6/h7-22H,23-24H2,1-6H3. The number of para-hydroxylation sites is 1. The quantitative estimate of drug-likeness (QED) is 0.156. The fourth-order valence-electron chi connectivity index (χ4n) is 7.49. The van der Waals surface area contributed by atoms with Crippen LogP contribution in [0.25, 0.3) is 70.9 Å². The van der Waals surface area contributed by atoms with Crippen molar-refractivity contribution < 1.29 is 0 Å². The molecule has 0 unspecified atom stereocenters. The molecular weight excluding hydrogens is 520 g/mol. The Hall–Kier alpha value is -4.43. The lowest BCUT2D eigenvalue weighted by Gasteiger charge is -2.24. The number of aromatic nitrogens is 2. The van der Waals surface area contributed by atoms with E-state index in [4.69, 9.17) is 4.98 Å². The minimum atomic E-state index is 0.116. The molecule has 0 aliphatic carbocycles. The first kappa shape index (κ1) is 26.2. The minimum Gasteiger partial charge on any atom is -0.308 e. The molecule has 0 saturated heterocycles. The monoisotopic (exact) mass is 558 g/mol. The third-order valence-corrected chi connectivity index (χ3v) is 8.97. The highest BCUT2D eigenvalue weighted by molar-refractivity contribution is 6.31. The SMILES string of the molecule is CC(C)(C)Cc1ccc2c(CC(C)(C)C)c3c(cc2c1)c1nccc2c(-c4ccccc4)cc4c5ccccc5n3c4c21. The van der Waals surface area contributed by atoms with Gasteiger partial charge in [0.25, 0.3) is 0 Å². The van der Waals surface area contributed by atoms with E-state index < -0.39 is 0 Å². The average molecular weight is 559 g/mol. The number of benzene rings is 5. The van der Waals surface area contributed by atoms with Crippen LogP contribution < -0.4 is 0 Å². The van der Waals surface area contributed by atoms with Crippen molar-refractivity contribution in [2.45, 2.75) is 54.4 Å². The maximum Gasteiger partial charge on any atom is 0.0823 e. The first-order valence-corrected chi connectivity index (χ1v) is 15.6. The van der Waals surface area contributed by atoms with Crippen LogP contribution in [-0.4, -0.2) is 9.38 Å². The normalized spacial score (nSPS) is 13.1. The van der Waals surface area contributed by atoms with Crippen LogP contribution >= 0.6 is 0 Å². The van der Waals surface area contributed by atoms with Gasteiger partial charge in [-0.2, -0.15) is 0 Å². The summed E-state index contributed by atoms with van der Waals surface area (Å²) in [6, 6.07) is 34.0. The molecule has 212 valence electrons. The van der Waals surface area contributed by atoms with Crippen LogP contribution in [-0.2, 0) is 12.8 Å². The Morgan fingerprint density at radius 1 is 0.605 bits per heavy atom. The van der Waals surface area contributed by atoms with Gasteiger partial charge in [-0.25, -0.2) is 0 Å². The summed E-state index contributed by atoms with van der Waals surface area (Å²) in [7, 11) is 0. The van der Waals surface area contributed by atoms with Crippen LogP contribution in [0.1, 0.15) is 52.7 Å². The highest BCUT2D eigenvalue weighted by atomic mass is 14.9. The average Bonchev–Trinajstić information content (AvgIpc) is 3.29. The molecule has 0 radical (unpaired) electrons. The second-order valence-corrected chi connectivity index (χ2v) is 14.9. The predicted molar refractivity (Wildman–Crippen MR) is 186 cm³/mol. The van der Waals surface area contributed by atoms with Crippen molar-refractivity contribution in [1.29, 1.82) is 0 Å². The van der Waals surface area contributed by atoms with Gasteiger partial charge in [0.2, 0.25) is 0 Å². The van der Waals surface area contributed by atoms with Crippen molar-refractivity contribution >= 4 is 59.8 Å². The summed E-state index contributed by atoms with van der Waals surface area (Å²) in [5.74, 6) is 0. The third-order valence-electron chi connectivity index (χ3n) is 8.97. The summed E-state index contributed by atoms with van der Waals surface area (Å²) in [6.45, 7) is 14.0. The van der Waals surface area contributed by atoms with Crippen molar-refractivity contribution in [2.24, 2.45) is 10.8 Å². The number of hydrogen-bond acceptors (Lipinski definition) is 1. The molecule has 2 nitrogen and oxygen atoms in total. The smallest absolute Gasteiger partial charge is 0.0823 e. The van der Waals surface area contributed by atoms with E-state index in [9.17, 15) is 0 Å². The molecule has 2 heteroatoms. The fourth-order valence-corrected chi connectivity index (χ4v) is 7.49.